The SMILES string of the molecule is CC.CCc1nc(NCc2ccccc2C)nc(N)c1-c1nc2c(s1)CCCN=C(C)C2. The number of anilines is 2. The number of benzene rings is 1. The molecule has 170 valence electrons. The molecule has 0 unspecified atom stereocenters. The van der Waals surface area contributed by atoms with E-state index in [-0.39, 0.29) is 0 Å². The number of aliphatic imine (C=N–C) groups is 1. The number of nitrogen functional groups attached to an aromatic ring is 1. The topological polar surface area (TPSA) is 89.1 Å². The van der Waals surface area contributed by atoms with Crippen LogP contribution in [0.2, 0.25) is 0 Å². The maximum Gasteiger partial charge on any atom is 0.225 e. The summed E-state index contributed by atoms with van der Waals surface area (Å²) in [6.07, 6.45) is 3.65. The van der Waals surface area contributed by atoms with E-state index in [0.29, 0.717) is 18.3 Å². The highest BCUT2D eigenvalue weighted by Gasteiger charge is 2.20. The van der Waals surface area contributed by atoms with Crippen LogP contribution in [0, 0.1) is 6.92 Å². The van der Waals surface area contributed by atoms with E-state index in [1.807, 2.05) is 26.0 Å². The molecule has 0 saturated heterocycles. The van der Waals surface area contributed by atoms with E-state index >= 15 is 0 Å². The van der Waals surface area contributed by atoms with Crippen LogP contribution in [0.4, 0.5) is 11.8 Å². The van der Waals surface area contributed by atoms with Crippen molar-refractivity contribution in [3.05, 3.63) is 51.7 Å². The Hall–Kier alpha value is -2.80. The van der Waals surface area contributed by atoms with Gasteiger partial charge in [-0.3, -0.25) is 4.99 Å². The molecule has 1 aliphatic heterocycles. The molecule has 7 heteroatoms. The highest BCUT2D eigenvalue weighted by Crippen LogP contribution is 2.35. The second-order valence-corrected chi connectivity index (χ2v) is 8.76. The molecule has 3 aromatic rings. The standard InChI is InChI=1S/C23H28N6S.C2H6/c1-4-17-20(22-27-18-12-15(3)25-11-7-10-19(18)30-22)21(24)29-23(28-17)26-13-16-9-6-5-8-14(16)2;1-2/h5-6,8-9H,4,7,10-13H2,1-3H3,(H3,24,26,28,29);1-2H3. The molecular weight excluding hydrogens is 416 g/mol. The molecule has 0 saturated carbocycles. The van der Waals surface area contributed by atoms with Gasteiger partial charge in [0.1, 0.15) is 10.8 Å². The summed E-state index contributed by atoms with van der Waals surface area (Å²) >= 11 is 1.73. The Balaban J connectivity index is 0.00000141. The lowest BCUT2D eigenvalue weighted by molar-refractivity contribution is 0.819. The number of nitrogens with zero attached hydrogens (tertiary/aromatic N) is 4. The summed E-state index contributed by atoms with van der Waals surface area (Å²) in [5.74, 6) is 1.05. The summed E-state index contributed by atoms with van der Waals surface area (Å²) in [7, 11) is 0. The van der Waals surface area contributed by atoms with Gasteiger partial charge in [0.05, 0.1) is 17.0 Å². The first-order chi connectivity index (χ1) is 15.5. The maximum absolute atomic E-state index is 6.43. The van der Waals surface area contributed by atoms with Crippen molar-refractivity contribution in [2.24, 2.45) is 4.99 Å². The largest absolute Gasteiger partial charge is 0.383 e. The minimum absolute atomic E-state index is 0.487. The number of hydrogen-bond donors (Lipinski definition) is 2. The van der Waals surface area contributed by atoms with Crippen LogP contribution in [0.5, 0.6) is 0 Å². The van der Waals surface area contributed by atoms with Gasteiger partial charge in [-0.2, -0.15) is 4.98 Å². The zero-order valence-corrected chi connectivity index (χ0v) is 20.6. The Labute approximate surface area is 195 Å². The molecule has 32 heavy (non-hydrogen) atoms. The van der Waals surface area contributed by atoms with Crippen LogP contribution in [0.15, 0.2) is 29.3 Å². The van der Waals surface area contributed by atoms with E-state index in [0.717, 1.165) is 59.9 Å². The fourth-order valence-electron chi connectivity index (χ4n) is 3.71. The fraction of sp³-hybridized carbons (Fsp3) is 0.440. The van der Waals surface area contributed by atoms with Crippen molar-refractivity contribution in [3.63, 3.8) is 0 Å². The number of aryl methyl sites for hydroxylation is 3. The second-order valence-electron chi connectivity index (χ2n) is 7.67. The van der Waals surface area contributed by atoms with E-state index in [9.17, 15) is 0 Å². The molecule has 3 heterocycles. The summed E-state index contributed by atoms with van der Waals surface area (Å²) in [6, 6.07) is 8.30. The minimum Gasteiger partial charge on any atom is -0.383 e. The Morgan fingerprint density at radius 3 is 2.62 bits per heavy atom. The van der Waals surface area contributed by atoms with Crippen molar-refractivity contribution < 1.29 is 0 Å². The number of rotatable bonds is 5. The van der Waals surface area contributed by atoms with Crippen molar-refractivity contribution in [1.29, 1.82) is 0 Å². The molecular formula is C25H34N6S. The third-order valence-electron chi connectivity index (χ3n) is 5.40. The Morgan fingerprint density at radius 2 is 1.88 bits per heavy atom. The maximum atomic E-state index is 6.43. The number of nitrogens with one attached hydrogen (secondary N) is 1. The Bertz CT molecular complexity index is 1090. The third kappa shape index (κ3) is 5.51. The predicted octanol–water partition coefficient (Wildman–Crippen LogP) is 5.64. The lowest BCUT2D eigenvalue weighted by Crippen LogP contribution is -2.10. The summed E-state index contributed by atoms with van der Waals surface area (Å²) in [6.45, 7) is 11.8. The lowest BCUT2D eigenvalue weighted by atomic mass is 10.1. The summed E-state index contributed by atoms with van der Waals surface area (Å²) in [5, 5.41) is 4.26. The molecule has 6 nitrogen and oxygen atoms in total. The minimum atomic E-state index is 0.487. The number of thiazole rings is 1. The summed E-state index contributed by atoms with van der Waals surface area (Å²) < 4.78 is 0. The summed E-state index contributed by atoms with van der Waals surface area (Å²) in [5.41, 5.74) is 13.0. The van der Waals surface area contributed by atoms with E-state index in [4.69, 9.17) is 15.7 Å². The van der Waals surface area contributed by atoms with Gasteiger partial charge in [0.25, 0.3) is 0 Å². The van der Waals surface area contributed by atoms with Crippen molar-refractivity contribution in [1.82, 2.24) is 15.0 Å². The number of fused-ring (bicyclic) bond motifs is 1. The molecule has 3 N–H and O–H groups in total. The first kappa shape index (κ1) is 23.9. The molecule has 2 aromatic heterocycles. The van der Waals surface area contributed by atoms with E-state index < -0.39 is 0 Å². The molecule has 0 radical (unpaired) electrons. The average Bonchev–Trinajstić information content (AvgIpc) is 3.16. The normalized spacial score (nSPS) is 13.2. The van der Waals surface area contributed by atoms with Crippen molar-refractivity contribution in [3.8, 4) is 10.6 Å². The van der Waals surface area contributed by atoms with Gasteiger partial charge in [0.2, 0.25) is 5.95 Å². The van der Waals surface area contributed by atoms with Crippen molar-refractivity contribution >= 4 is 28.8 Å². The number of nitrogens with two attached hydrogens (primary N) is 1. The predicted molar refractivity (Wildman–Crippen MR) is 137 cm³/mol. The van der Waals surface area contributed by atoms with Crippen molar-refractivity contribution in [2.45, 2.75) is 66.8 Å². The highest BCUT2D eigenvalue weighted by atomic mass is 32.1. The second kappa shape index (κ2) is 11.2. The third-order valence-corrected chi connectivity index (χ3v) is 6.58. The zero-order valence-electron chi connectivity index (χ0n) is 19.8. The van der Waals surface area contributed by atoms with Gasteiger partial charge in [-0.25, -0.2) is 9.97 Å². The molecule has 0 bridgehead atoms. The molecule has 0 amide bonds. The van der Waals surface area contributed by atoms with E-state index in [2.05, 4.69) is 48.2 Å². The van der Waals surface area contributed by atoms with Gasteiger partial charge in [0, 0.05) is 30.1 Å². The Morgan fingerprint density at radius 1 is 1.09 bits per heavy atom. The van der Waals surface area contributed by atoms with Gasteiger partial charge in [-0.1, -0.05) is 45.0 Å². The quantitative estimate of drug-likeness (QED) is 0.525. The van der Waals surface area contributed by atoms with Gasteiger partial charge in [-0.15, -0.1) is 11.3 Å². The molecule has 0 fully saturated rings. The Kier molecular flexibility index (Phi) is 8.33. The molecule has 0 atom stereocenters. The molecule has 1 aromatic carbocycles. The van der Waals surface area contributed by atoms with Crippen LogP contribution in [0.1, 0.15) is 61.5 Å². The monoisotopic (exact) mass is 450 g/mol. The van der Waals surface area contributed by atoms with E-state index in [1.165, 1.54) is 16.0 Å². The first-order valence-corrected chi connectivity index (χ1v) is 12.3. The molecule has 0 spiro atoms. The highest BCUT2D eigenvalue weighted by molar-refractivity contribution is 7.15. The molecule has 4 rings (SSSR count). The van der Waals surface area contributed by atoms with E-state index in [1.54, 1.807) is 11.3 Å². The molecule has 0 aliphatic carbocycles. The van der Waals surface area contributed by atoms with Gasteiger partial charge >= 0.3 is 0 Å². The van der Waals surface area contributed by atoms with Crippen LogP contribution in [-0.4, -0.2) is 27.2 Å². The fourth-order valence-corrected chi connectivity index (χ4v) is 4.90. The summed E-state index contributed by atoms with van der Waals surface area (Å²) in [4.78, 5) is 20.2. The van der Waals surface area contributed by atoms with Crippen LogP contribution in [-0.2, 0) is 25.8 Å². The van der Waals surface area contributed by atoms with Crippen molar-refractivity contribution in [2.75, 3.05) is 17.6 Å². The number of aromatic nitrogens is 3. The number of hydrogen-bond acceptors (Lipinski definition) is 7. The average molecular weight is 451 g/mol. The molecule has 1 aliphatic rings. The first-order valence-electron chi connectivity index (χ1n) is 11.5. The van der Waals surface area contributed by atoms with Gasteiger partial charge < -0.3 is 11.1 Å². The van der Waals surface area contributed by atoms with Gasteiger partial charge in [0.15, 0.2) is 0 Å². The van der Waals surface area contributed by atoms with Crippen LogP contribution in [0.25, 0.3) is 10.6 Å². The van der Waals surface area contributed by atoms with Crippen LogP contribution >= 0.6 is 11.3 Å². The van der Waals surface area contributed by atoms with Crippen LogP contribution < -0.4 is 11.1 Å². The van der Waals surface area contributed by atoms with Crippen LogP contribution in [0.3, 0.4) is 0 Å². The lowest BCUT2D eigenvalue weighted by Gasteiger charge is -2.12. The smallest absolute Gasteiger partial charge is 0.225 e. The zero-order chi connectivity index (χ0) is 23.1. The van der Waals surface area contributed by atoms with Gasteiger partial charge in [-0.05, 0) is 44.2 Å².